The normalized spacial score (nSPS) is 21.5. The van der Waals surface area contributed by atoms with Gasteiger partial charge in [0.25, 0.3) is 0 Å². The van der Waals surface area contributed by atoms with Crippen LogP contribution < -0.4 is 5.32 Å². The van der Waals surface area contributed by atoms with Gasteiger partial charge in [-0.3, -0.25) is 9.59 Å². The summed E-state index contributed by atoms with van der Waals surface area (Å²) < 4.78 is 29.2. The van der Waals surface area contributed by atoms with E-state index in [9.17, 15) is 18.0 Å². The molecule has 1 heterocycles. The van der Waals surface area contributed by atoms with Crippen LogP contribution in [-0.2, 0) is 24.3 Å². The number of nitrogens with one attached hydrogen (secondary N) is 1. The Bertz CT molecular complexity index is 421. The van der Waals surface area contributed by atoms with Crippen LogP contribution >= 0.6 is 0 Å². The molecule has 0 bridgehead atoms. The first kappa shape index (κ1) is 14.9. The van der Waals surface area contributed by atoms with Crippen LogP contribution in [0.2, 0.25) is 0 Å². The fourth-order valence-electron chi connectivity index (χ4n) is 1.66. The van der Waals surface area contributed by atoms with E-state index >= 15 is 0 Å². The molecule has 0 aromatic heterocycles. The highest BCUT2D eigenvalue weighted by atomic mass is 32.2. The van der Waals surface area contributed by atoms with Gasteiger partial charge in [-0.15, -0.1) is 0 Å². The van der Waals surface area contributed by atoms with Gasteiger partial charge in [0.2, 0.25) is 10.0 Å². The summed E-state index contributed by atoms with van der Waals surface area (Å²) in [6, 6.07) is -1.12. The van der Waals surface area contributed by atoms with Gasteiger partial charge in [0.15, 0.2) is 0 Å². The summed E-state index contributed by atoms with van der Waals surface area (Å²) in [5, 5.41) is 11.8. The van der Waals surface area contributed by atoms with Crippen LogP contribution in [0.25, 0.3) is 0 Å². The van der Waals surface area contributed by atoms with E-state index in [1.165, 1.54) is 7.11 Å². The van der Waals surface area contributed by atoms with Crippen molar-refractivity contribution < 1.29 is 27.9 Å². The molecule has 0 amide bonds. The zero-order valence-electron chi connectivity index (χ0n) is 9.96. The highest BCUT2D eigenvalue weighted by Gasteiger charge is 2.36. The number of aliphatic carboxylic acids is 1. The number of ether oxygens (including phenoxy) is 1. The molecule has 8 nitrogen and oxygen atoms in total. The molecule has 1 atom stereocenters. The number of carbonyl (C=O) groups is 2. The van der Waals surface area contributed by atoms with Crippen molar-refractivity contribution in [1.82, 2.24) is 9.62 Å². The molecular weight excluding hydrogens is 264 g/mol. The van der Waals surface area contributed by atoms with E-state index < -0.39 is 33.8 Å². The summed E-state index contributed by atoms with van der Waals surface area (Å²) in [6.45, 7) is 0.536. The standard InChI is InChI=1S/C9H16N2O6S/c1-17-8(12)2-5-18(15,16)11-4-3-10-6-7(11)9(13)14/h7,10H,2-6H2,1H3,(H,13,14). The second-order valence-corrected chi connectivity index (χ2v) is 5.85. The Morgan fingerprint density at radius 2 is 2.17 bits per heavy atom. The van der Waals surface area contributed by atoms with Crippen LogP contribution in [0.5, 0.6) is 0 Å². The van der Waals surface area contributed by atoms with Gasteiger partial charge >= 0.3 is 11.9 Å². The molecule has 1 aliphatic heterocycles. The molecule has 0 aliphatic carbocycles. The van der Waals surface area contributed by atoms with E-state index in [2.05, 4.69) is 10.1 Å². The van der Waals surface area contributed by atoms with Crippen molar-refractivity contribution in [2.24, 2.45) is 0 Å². The number of hydrogen-bond donors (Lipinski definition) is 2. The summed E-state index contributed by atoms with van der Waals surface area (Å²) in [6.07, 6.45) is -0.283. The highest BCUT2D eigenvalue weighted by molar-refractivity contribution is 7.89. The molecule has 9 heteroatoms. The average Bonchev–Trinajstić information content (AvgIpc) is 2.36. The molecule has 1 rings (SSSR count). The first-order chi connectivity index (χ1) is 8.38. The summed E-state index contributed by atoms with van der Waals surface area (Å²) in [5.41, 5.74) is 0. The number of sulfonamides is 1. The fraction of sp³-hybridized carbons (Fsp3) is 0.778. The summed E-state index contributed by atoms with van der Waals surface area (Å²) in [5.74, 6) is -2.28. The molecule has 0 saturated carbocycles. The van der Waals surface area contributed by atoms with E-state index in [4.69, 9.17) is 5.11 Å². The van der Waals surface area contributed by atoms with Gasteiger partial charge in [-0.25, -0.2) is 8.42 Å². The van der Waals surface area contributed by atoms with Gasteiger partial charge in [0.1, 0.15) is 6.04 Å². The lowest BCUT2D eigenvalue weighted by Gasteiger charge is -2.32. The molecule has 0 aromatic rings. The maximum atomic E-state index is 11.9. The molecule has 18 heavy (non-hydrogen) atoms. The number of esters is 1. The molecule has 1 aliphatic rings. The van der Waals surface area contributed by atoms with E-state index in [-0.39, 0.29) is 19.5 Å². The molecule has 0 spiro atoms. The lowest BCUT2D eigenvalue weighted by Crippen LogP contribution is -2.57. The van der Waals surface area contributed by atoms with Crippen LogP contribution in [-0.4, -0.2) is 68.3 Å². The van der Waals surface area contributed by atoms with Crippen molar-refractivity contribution >= 4 is 22.0 Å². The Balaban J connectivity index is 2.75. The van der Waals surface area contributed by atoms with Crippen LogP contribution in [0.15, 0.2) is 0 Å². The van der Waals surface area contributed by atoms with Crippen LogP contribution in [0.4, 0.5) is 0 Å². The highest BCUT2D eigenvalue weighted by Crippen LogP contribution is 2.12. The number of carboxylic acids is 1. The number of nitrogens with zero attached hydrogens (tertiary/aromatic N) is 1. The minimum atomic E-state index is -3.77. The van der Waals surface area contributed by atoms with Gasteiger partial charge in [-0.2, -0.15) is 4.31 Å². The van der Waals surface area contributed by atoms with E-state index in [1.807, 2.05) is 0 Å². The van der Waals surface area contributed by atoms with E-state index in [0.29, 0.717) is 6.54 Å². The second kappa shape index (κ2) is 6.12. The Hall–Kier alpha value is -1.19. The monoisotopic (exact) mass is 280 g/mol. The van der Waals surface area contributed by atoms with Crippen LogP contribution in [0, 0.1) is 0 Å². The summed E-state index contributed by atoms with van der Waals surface area (Å²) in [4.78, 5) is 21.9. The number of piperazine rings is 1. The van der Waals surface area contributed by atoms with E-state index in [1.54, 1.807) is 0 Å². The number of methoxy groups -OCH3 is 1. The molecule has 104 valence electrons. The number of carboxylic acid groups (broad SMARTS) is 1. The fourth-order valence-corrected chi connectivity index (χ4v) is 3.24. The summed E-state index contributed by atoms with van der Waals surface area (Å²) >= 11 is 0. The Morgan fingerprint density at radius 1 is 1.50 bits per heavy atom. The van der Waals surface area contributed by atoms with Gasteiger partial charge in [-0.05, 0) is 0 Å². The third kappa shape index (κ3) is 3.65. The van der Waals surface area contributed by atoms with Crippen molar-refractivity contribution in [2.45, 2.75) is 12.5 Å². The minimum Gasteiger partial charge on any atom is -0.480 e. The van der Waals surface area contributed by atoms with E-state index in [0.717, 1.165) is 4.31 Å². The van der Waals surface area contributed by atoms with Crippen molar-refractivity contribution in [2.75, 3.05) is 32.5 Å². The third-order valence-corrected chi connectivity index (χ3v) is 4.50. The second-order valence-electron chi connectivity index (χ2n) is 3.81. The molecule has 0 radical (unpaired) electrons. The predicted molar refractivity (Wildman–Crippen MR) is 61.4 cm³/mol. The van der Waals surface area contributed by atoms with Gasteiger partial charge < -0.3 is 15.2 Å². The first-order valence-electron chi connectivity index (χ1n) is 5.38. The molecule has 2 N–H and O–H groups in total. The average molecular weight is 280 g/mol. The molecule has 1 unspecified atom stereocenters. The maximum Gasteiger partial charge on any atom is 0.323 e. The van der Waals surface area contributed by atoms with Crippen molar-refractivity contribution in [3.8, 4) is 0 Å². The molecular formula is C9H16N2O6S. The maximum absolute atomic E-state index is 11.9. The molecule has 1 saturated heterocycles. The van der Waals surface area contributed by atoms with Crippen LogP contribution in [0.1, 0.15) is 6.42 Å². The quantitative estimate of drug-likeness (QED) is 0.573. The predicted octanol–water partition coefficient (Wildman–Crippen LogP) is -1.76. The van der Waals surface area contributed by atoms with Crippen molar-refractivity contribution in [3.63, 3.8) is 0 Å². The number of rotatable bonds is 5. The molecule has 1 fully saturated rings. The van der Waals surface area contributed by atoms with Gasteiger partial charge in [0, 0.05) is 19.6 Å². The zero-order chi connectivity index (χ0) is 13.8. The lowest BCUT2D eigenvalue weighted by molar-refractivity contribution is -0.142. The Morgan fingerprint density at radius 3 is 2.72 bits per heavy atom. The Labute approximate surface area is 105 Å². The van der Waals surface area contributed by atoms with Crippen molar-refractivity contribution in [1.29, 1.82) is 0 Å². The number of carbonyl (C=O) groups excluding carboxylic acids is 1. The SMILES string of the molecule is COC(=O)CCS(=O)(=O)N1CCNCC1C(=O)O. The number of hydrogen-bond acceptors (Lipinski definition) is 6. The van der Waals surface area contributed by atoms with Gasteiger partial charge in [0.05, 0.1) is 19.3 Å². The Kier molecular flexibility index (Phi) is 5.05. The minimum absolute atomic E-state index is 0.0623. The smallest absolute Gasteiger partial charge is 0.323 e. The molecule has 0 aromatic carbocycles. The first-order valence-corrected chi connectivity index (χ1v) is 6.99. The lowest BCUT2D eigenvalue weighted by atomic mass is 10.2. The summed E-state index contributed by atoms with van der Waals surface area (Å²) in [7, 11) is -2.60. The van der Waals surface area contributed by atoms with Gasteiger partial charge in [-0.1, -0.05) is 0 Å². The van der Waals surface area contributed by atoms with Crippen LogP contribution in [0.3, 0.4) is 0 Å². The topological polar surface area (TPSA) is 113 Å². The largest absolute Gasteiger partial charge is 0.480 e. The zero-order valence-corrected chi connectivity index (χ0v) is 10.8. The third-order valence-electron chi connectivity index (χ3n) is 2.63. The van der Waals surface area contributed by atoms with Crippen molar-refractivity contribution in [3.05, 3.63) is 0 Å².